The third kappa shape index (κ3) is 3.05. The summed E-state index contributed by atoms with van der Waals surface area (Å²) in [5, 5.41) is 13.6. The van der Waals surface area contributed by atoms with Crippen molar-refractivity contribution in [2.75, 3.05) is 19.6 Å². The predicted molar refractivity (Wildman–Crippen MR) is 87.1 cm³/mol. The normalized spacial score (nSPS) is 19.6. The quantitative estimate of drug-likeness (QED) is 0.769. The first-order valence-corrected chi connectivity index (χ1v) is 7.83. The molecule has 1 aliphatic heterocycles. The maximum Gasteiger partial charge on any atom is 0.273 e. The number of aromatic nitrogens is 2. The van der Waals surface area contributed by atoms with Crippen LogP contribution in [0.4, 0.5) is 0 Å². The zero-order chi connectivity index (χ0) is 16.4. The molecule has 7 nitrogen and oxygen atoms in total. The molecule has 0 saturated carbocycles. The Bertz CT molecular complexity index is 726. The fraction of sp³-hybridized carbons (Fsp3) is 0.438. The molecule has 1 aliphatic rings. The van der Waals surface area contributed by atoms with E-state index in [1.165, 1.54) is 0 Å². The molecule has 0 aliphatic carbocycles. The van der Waals surface area contributed by atoms with Gasteiger partial charge in [-0.15, -0.1) is 0 Å². The standard InChI is InChI=1S/C16H21N5O2/c1-10-9-17-7-8-21(10)16(23)11(2)18-15(22)14-12-5-3-4-6-13(12)19-20-14/h3-6,10-11,17H,7-9H2,1-2H3,(H,18,22)(H,19,20). The Morgan fingerprint density at radius 3 is 2.96 bits per heavy atom. The maximum absolute atomic E-state index is 12.5. The molecule has 2 atom stereocenters. The van der Waals surface area contributed by atoms with E-state index < -0.39 is 6.04 Å². The van der Waals surface area contributed by atoms with E-state index in [-0.39, 0.29) is 17.9 Å². The van der Waals surface area contributed by atoms with Crippen LogP contribution in [0.2, 0.25) is 0 Å². The van der Waals surface area contributed by atoms with Crippen molar-refractivity contribution in [3.8, 4) is 0 Å². The van der Waals surface area contributed by atoms with Crippen LogP contribution in [0, 0.1) is 0 Å². The summed E-state index contributed by atoms with van der Waals surface area (Å²) in [6, 6.07) is 6.96. The van der Waals surface area contributed by atoms with Crippen LogP contribution in [0.3, 0.4) is 0 Å². The molecule has 23 heavy (non-hydrogen) atoms. The fourth-order valence-corrected chi connectivity index (χ4v) is 2.88. The van der Waals surface area contributed by atoms with Crippen LogP contribution in [0.1, 0.15) is 24.3 Å². The van der Waals surface area contributed by atoms with E-state index in [4.69, 9.17) is 0 Å². The van der Waals surface area contributed by atoms with Crippen LogP contribution >= 0.6 is 0 Å². The second-order valence-corrected chi connectivity index (χ2v) is 5.90. The van der Waals surface area contributed by atoms with Crippen molar-refractivity contribution in [2.45, 2.75) is 25.9 Å². The number of para-hydroxylation sites is 1. The van der Waals surface area contributed by atoms with Gasteiger partial charge >= 0.3 is 0 Å². The van der Waals surface area contributed by atoms with Crippen molar-refractivity contribution in [2.24, 2.45) is 0 Å². The summed E-state index contributed by atoms with van der Waals surface area (Å²) in [6.45, 7) is 5.92. The van der Waals surface area contributed by atoms with Gasteiger partial charge in [0.25, 0.3) is 5.91 Å². The molecule has 0 spiro atoms. The number of carbonyl (C=O) groups is 2. The molecule has 2 aromatic rings. The summed E-state index contributed by atoms with van der Waals surface area (Å²) in [6.07, 6.45) is 0. The Balaban J connectivity index is 1.70. The molecule has 1 aromatic carbocycles. The molecule has 2 unspecified atom stereocenters. The Labute approximate surface area is 134 Å². The first-order chi connectivity index (χ1) is 11.1. The molecule has 1 aromatic heterocycles. The lowest BCUT2D eigenvalue weighted by Gasteiger charge is -2.35. The van der Waals surface area contributed by atoms with Crippen molar-refractivity contribution in [3.05, 3.63) is 30.0 Å². The van der Waals surface area contributed by atoms with E-state index in [2.05, 4.69) is 20.8 Å². The summed E-state index contributed by atoms with van der Waals surface area (Å²) >= 11 is 0. The van der Waals surface area contributed by atoms with Crippen molar-refractivity contribution in [1.29, 1.82) is 0 Å². The van der Waals surface area contributed by atoms with Gasteiger partial charge in [0.15, 0.2) is 5.69 Å². The smallest absolute Gasteiger partial charge is 0.273 e. The fourth-order valence-electron chi connectivity index (χ4n) is 2.88. The number of nitrogens with zero attached hydrogens (tertiary/aromatic N) is 2. The third-order valence-corrected chi connectivity index (χ3v) is 4.19. The number of benzene rings is 1. The van der Waals surface area contributed by atoms with Crippen molar-refractivity contribution >= 4 is 22.7 Å². The maximum atomic E-state index is 12.5. The highest BCUT2D eigenvalue weighted by atomic mass is 16.2. The number of fused-ring (bicyclic) bond motifs is 1. The topological polar surface area (TPSA) is 90.1 Å². The summed E-state index contributed by atoms with van der Waals surface area (Å²) < 4.78 is 0. The monoisotopic (exact) mass is 315 g/mol. The number of piperazine rings is 1. The molecule has 2 heterocycles. The van der Waals surface area contributed by atoms with Gasteiger partial charge in [0.1, 0.15) is 6.04 Å². The highest BCUT2D eigenvalue weighted by Crippen LogP contribution is 2.15. The van der Waals surface area contributed by atoms with E-state index in [1.807, 2.05) is 36.1 Å². The first kappa shape index (κ1) is 15.5. The number of amides is 2. The minimum atomic E-state index is -0.585. The predicted octanol–water partition coefficient (Wildman–Crippen LogP) is 0.502. The van der Waals surface area contributed by atoms with Crippen LogP contribution in [-0.2, 0) is 4.79 Å². The van der Waals surface area contributed by atoms with Crippen LogP contribution in [0.5, 0.6) is 0 Å². The second kappa shape index (κ2) is 6.37. The van der Waals surface area contributed by atoms with E-state index in [1.54, 1.807) is 6.92 Å². The molecule has 0 radical (unpaired) electrons. The minimum absolute atomic E-state index is 0.0628. The number of carbonyl (C=O) groups excluding carboxylic acids is 2. The Kier molecular flexibility index (Phi) is 4.29. The number of nitrogens with one attached hydrogen (secondary N) is 3. The molecular formula is C16H21N5O2. The molecule has 3 rings (SSSR count). The molecule has 122 valence electrons. The van der Waals surface area contributed by atoms with Crippen molar-refractivity contribution < 1.29 is 9.59 Å². The van der Waals surface area contributed by atoms with Gasteiger partial charge in [-0.2, -0.15) is 5.10 Å². The molecule has 7 heteroatoms. The van der Waals surface area contributed by atoms with Gasteiger partial charge in [0.05, 0.1) is 5.52 Å². The molecular weight excluding hydrogens is 294 g/mol. The van der Waals surface area contributed by atoms with E-state index in [0.717, 1.165) is 24.0 Å². The van der Waals surface area contributed by atoms with Crippen LogP contribution in [0.15, 0.2) is 24.3 Å². The average Bonchev–Trinajstić information content (AvgIpc) is 2.98. The summed E-state index contributed by atoms with van der Waals surface area (Å²) in [5.74, 6) is -0.404. The lowest BCUT2D eigenvalue weighted by atomic mass is 10.1. The molecule has 2 amide bonds. The number of rotatable bonds is 3. The Hall–Kier alpha value is -2.41. The largest absolute Gasteiger partial charge is 0.339 e. The van der Waals surface area contributed by atoms with Gasteiger partial charge in [-0.1, -0.05) is 18.2 Å². The van der Waals surface area contributed by atoms with Crippen molar-refractivity contribution in [1.82, 2.24) is 25.7 Å². The lowest BCUT2D eigenvalue weighted by Crippen LogP contribution is -2.57. The highest BCUT2D eigenvalue weighted by molar-refractivity contribution is 6.05. The van der Waals surface area contributed by atoms with Gasteiger partial charge in [-0.05, 0) is 19.9 Å². The highest BCUT2D eigenvalue weighted by Gasteiger charge is 2.28. The number of H-pyrrole nitrogens is 1. The number of aromatic amines is 1. The number of hydrogen-bond acceptors (Lipinski definition) is 4. The third-order valence-electron chi connectivity index (χ3n) is 4.19. The van der Waals surface area contributed by atoms with E-state index in [9.17, 15) is 9.59 Å². The molecule has 1 fully saturated rings. The zero-order valence-corrected chi connectivity index (χ0v) is 13.3. The SMILES string of the molecule is CC(NC(=O)c1n[nH]c2ccccc12)C(=O)N1CCNCC1C. The molecule has 3 N–H and O–H groups in total. The molecule has 0 bridgehead atoms. The summed E-state index contributed by atoms with van der Waals surface area (Å²) in [7, 11) is 0. The van der Waals surface area contributed by atoms with Crippen LogP contribution < -0.4 is 10.6 Å². The van der Waals surface area contributed by atoms with Gasteiger partial charge in [-0.3, -0.25) is 14.7 Å². The second-order valence-electron chi connectivity index (χ2n) is 5.90. The van der Waals surface area contributed by atoms with E-state index in [0.29, 0.717) is 12.2 Å². The van der Waals surface area contributed by atoms with Crippen LogP contribution in [0.25, 0.3) is 10.9 Å². The Morgan fingerprint density at radius 1 is 1.39 bits per heavy atom. The van der Waals surface area contributed by atoms with Gasteiger partial charge in [-0.25, -0.2) is 0 Å². The van der Waals surface area contributed by atoms with Gasteiger partial charge in [0.2, 0.25) is 5.91 Å². The van der Waals surface area contributed by atoms with Gasteiger partial charge < -0.3 is 15.5 Å². The van der Waals surface area contributed by atoms with Crippen molar-refractivity contribution in [3.63, 3.8) is 0 Å². The lowest BCUT2D eigenvalue weighted by molar-refractivity contribution is -0.135. The average molecular weight is 315 g/mol. The van der Waals surface area contributed by atoms with Gasteiger partial charge in [0, 0.05) is 31.1 Å². The summed E-state index contributed by atoms with van der Waals surface area (Å²) in [5.41, 5.74) is 1.11. The first-order valence-electron chi connectivity index (χ1n) is 7.83. The van der Waals surface area contributed by atoms with E-state index >= 15 is 0 Å². The molecule has 1 saturated heterocycles. The Morgan fingerprint density at radius 2 is 2.17 bits per heavy atom. The number of hydrogen-bond donors (Lipinski definition) is 3. The minimum Gasteiger partial charge on any atom is -0.339 e. The van der Waals surface area contributed by atoms with Crippen LogP contribution in [-0.4, -0.2) is 58.6 Å². The summed E-state index contributed by atoms with van der Waals surface area (Å²) in [4.78, 5) is 26.8. The zero-order valence-electron chi connectivity index (χ0n) is 13.3.